The number of alkyl halides is 2. The number of nitrogens with zero attached hydrogens (tertiary/aromatic N) is 2. The predicted octanol–water partition coefficient (Wildman–Crippen LogP) is 2.24. The largest absolute Gasteiger partial charge is 0.477 e. The second-order valence-corrected chi connectivity index (χ2v) is 6.25. The van der Waals surface area contributed by atoms with Crippen LogP contribution in [0.15, 0.2) is 23.7 Å². The molecule has 8 nitrogen and oxygen atoms in total. The molecule has 1 aliphatic heterocycles. The number of halogens is 2. The van der Waals surface area contributed by atoms with Crippen molar-refractivity contribution in [3.05, 3.63) is 23.7 Å². The fourth-order valence-corrected chi connectivity index (χ4v) is 2.89. The Morgan fingerprint density at radius 3 is 3.00 bits per heavy atom. The summed E-state index contributed by atoms with van der Waals surface area (Å²) in [7, 11) is 0. The van der Waals surface area contributed by atoms with Gasteiger partial charge >= 0.3 is 0 Å². The molecule has 2 aromatic heterocycles. The van der Waals surface area contributed by atoms with Crippen LogP contribution in [0.2, 0.25) is 0 Å². The third kappa shape index (κ3) is 4.16. The fraction of sp³-hybridized carbons (Fsp3) is 0.471. The molecule has 1 fully saturated rings. The first-order chi connectivity index (χ1) is 12.9. The minimum absolute atomic E-state index is 0.148. The number of piperidine rings is 1. The Balaban J connectivity index is 1.84. The molecule has 5 N–H and O–H groups in total. The zero-order valence-electron chi connectivity index (χ0n) is 15.2. The first-order valence-corrected chi connectivity index (χ1v) is 8.76. The molecule has 0 spiro atoms. The number of aromatic amines is 1. The van der Waals surface area contributed by atoms with Gasteiger partial charge in [0, 0.05) is 37.6 Å². The molecule has 0 bridgehead atoms. The third-order valence-corrected chi connectivity index (χ3v) is 4.34. The van der Waals surface area contributed by atoms with E-state index < -0.39 is 12.0 Å². The summed E-state index contributed by atoms with van der Waals surface area (Å²) in [6.07, 6.45) is 2.54. The van der Waals surface area contributed by atoms with Crippen molar-refractivity contribution in [1.82, 2.24) is 25.6 Å². The summed E-state index contributed by atoms with van der Waals surface area (Å²) in [5.41, 5.74) is 1.28. The standard InChI is InChI=1S/C17H23F2N7O/c1-3-27-15-11-4-6-22-14(11)25-16(26-15)24-12(8-20)10(2)23-13-9-21-7-5-17(13,18)19/h4,6,8,13,20-21,23H,3,5,7,9H2,1-2H3,(H2,22,24,25,26)/b12-10+,20-8?. The van der Waals surface area contributed by atoms with Gasteiger partial charge in [-0.2, -0.15) is 9.97 Å². The molecule has 1 aliphatic rings. The lowest BCUT2D eigenvalue weighted by Crippen LogP contribution is -2.55. The predicted molar refractivity (Wildman–Crippen MR) is 99.5 cm³/mol. The molecular weight excluding hydrogens is 356 g/mol. The highest BCUT2D eigenvalue weighted by atomic mass is 19.3. The van der Waals surface area contributed by atoms with Gasteiger partial charge in [-0.25, -0.2) is 8.78 Å². The number of rotatable bonds is 7. The minimum Gasteiger partial charge on any atom is -0.477 e. The lowest BCUT2D eigenvalue weighted by molar-refractivity contribution is -0.0538. The molecule has 0 aromatic carbocycles. The number of anilines is 1. The number of nitrogens with one attached hydrogen (secondary N) is 5. The number of allylic oxidation sites excluding steroid dienone is 2. The van der Waals surface area contributed by atoms with Crippen molar-refractivity contribution in [2.45, 2.75) is 32.2 Å². The molecule has 10 heteroatoms. The van der Waals surface area contributed by atoms with Crippen LogP contribution in [0.1, 0.15) is 20.3 Å². The molecule has 146 valence electrons. The zero-order valence-corrected chi connectivity index (χ0v) is 15.2. The first kappa shape index (κ1) is 19.0. The maximum Gasteiger partial charge on any atom is 0.270 e. The van der Waals surface area contributed by atoms with E-state index in [1.165, 1.54) is 0 Å². The summed E-state index contributed by atoms with van der Waals surface area (Å²) in [4.78, 5) is 11.6. The maximum absolute atomic E-state index is 14.1. The number of H-pyrrole nitrogens is 1. The fourth-order valence-electron chi connectivity index (χ4n) is 2.89. The van der Waals surface area contributed by atoms with E-state index in [1.807, 2.05) is 13.0 Å². The molecular formula is C17H23F2N7O. The number of fused-ring (bicyclic) bond motifs is 1. The van der Waals surface area contributed by atoms with Crippen LogP contribution >= 0.6 is 0 Å². The zero-order chi connectivity index (χ0) is 19.4. The van der Waals surface area contributed by atoms with E-state index in [4.69, 9.17) is 10.1 Å². The van der Waals surface area contributed by atoms with Gasteiger partial charge in [-0.15, -0.1) is 0 Å². The van der Waals surface area contributed by atoms with Crippen LogP contribution in [0.5, 0.6) is 5.88 Å². The molecule has 3 heterocycles. The molecule has 0 aliphatic carbocycles. The Morgan fingerprint density at radius 2 is 2.30 bits per heavy atom. The smallest absolute Gasteiger partial charge is 0.270 e. The van der Waals surface area contributed by atoms with Crippen molar-refractivity contribution < 1.29 is 13.5 Å². The molecule has 1 atom stereocenters. The van der Waals surface area contributed by atoms with Crippen molar-refractivity contribution in [2.24, 2.45) is 0 Å². The van der Waals surface area contributed by atoms with Crippen molar-refractivity contribution in [3.8, 4) is 5.88 Å². The highest BCUT2D eigenvalue weighted by Gasteiger charge is 2.41. The second-order valence-electron chi connectivity index (χ2n) is 6.25. The van der Waals surface area contributed by atoms with Crippen LogP contribution in [0.25, 0.3) is 11.0 Å². The normalized spacial score (nSPS) is 20.1. The molecule has 3 rings (SSSR count). The quantitative estimate of drug-likeness (QED) is 0.472. The Morgan fingerprint density at radius 1 is 1.48 bits per heavy atom. The monoisotopic (exact) mass is 379 g/mol. The summed E-state index contributed by atoms with van der Waals surface area (Å²) in [5, 5.41) is 17.1. The second kappa shape index (κ2) is 7.87. The lowest BCUT2D eigenvalue weighted by Gasteiger charge is -2.33. The van der Waals surface area contributed by atoms with Gasteiger partial charge in [0.25, 0.3) is 5.92 Å². The van der Waals surface area contributed by atoms with E-state index in [9.17, 15) is 8.78 Å². The van der Waals surface area contributed by atoms with E-state index in [1.54, 1.807) is 13.1 Å². The van der Waals surface area contributed by atoms with Gasteiger partial charge in [0.1, 0.15) is 11.7 Å². The number of ether oxygens (including phenoxy) is 1. The lowest BCUT2D eigenvalue weighted by atomic mass is 10.0. The Labute approximate surface area is 155 Å². The van der Waals surface area contributed by atoms with Crippen LogP contribution in [-0.2, 0) is 0 Å². The maximum atomic E-state index is 14.1. The average molecular weight is 379 g/mol. The molecule has 27 heavy (non-hydrogen) atoms. The van der Waals surface area contributed by atoms with Crippen molar-refractivity contribution in [1.29, 1.82) is 5.41 Å². The van der Waals surface area contributed by atoms with Crippen LogP contribution in [0.3, 0.4) is 0 Å². The van der Waals surface area contributed by atoms with Gasteiger partial charge in [-0.1, -0.05) is 0 Å². The van der Waals surface area contributed by atoms with Gasteiger partial charge in [0.15, 0.2) is 0 Å². The SMILES string of the molecule is CCOc1nc(N/C(C=N)=C(\C)NC2CNCCC2(F)F)nc2[nH]ccc12. The van der Waals surface area contributed by atoms with E-state index in [0.717, 1.165) is 11.6 Å². The van der Waals surface area contributed by atoms with E-state index >= 15 is 0 Å². The number of hydrogen-bond acceptors (Lipinski definition) is 7. The molecule has 0 saturated carbocycles. The Bertz CT molecular complexity index is 849. The van der Waals surface area contributed by atoms with Gasteiger partial charge in [0.2, 0.25) is 11.8 Å². The number of aromatic nitrogens is 3. The summed E-state index contributed by atoms with van der Waals surface area (Å²) < 4.78 is 33.6. The van der Waals surface area contributed by atoms with Gasteiger partial charge in [0.05, 0.1) is 17.7 Å². The van der Waals surface area contributed by atoms with Gasteiger partial charge in [-0.3, -0.25) is 0 Å². The third-order valence-electron chi connectivity index (χ3n) is 4.34. The van der Waals surface area contributed by atoms with Crippen LogP contribution in [0, 0.1) is 5.41 Å². The van der Waals surface area contributed by atoms with Crippen LogP contribution < -0.4 is 20.7 Å². The van der Waals surface area contributed by atoms with E-state index in [2.05, 4.69) is 30.9 Å². The van der Waals surface area contributed by atoms with E-state index in [-0.39, 0.29) is 25.5 Å². The minimum atomic E-state index is -2.82. The highest BCUT2D eigenvalue weighted by Crippen LogP contribution is 2.26. The van der Waals surface area contributed by atoms with E-state index in [0.29, 0.717) is 29.5 Å². The van der Waals surface area contributed by atoms with Crippen molar-refractivity contribution >= 4 is 23.2 Å². The first-order valence-electron chi connectivity index (χ1n) is 8.76. The number of hydrogen-bond donors (Lipinski definition) is 5. The average Bonchev–Trinajstić information content (AvgIpc) is 3.10. The summed E-state index contributed by atoms with van der Waals surface area (Å²) in [6, 6.07) is 0.761. The summed E-state index contributed by atoms with van der Waals surface area (Å²) in [6.45, 7) is 4.36. The molecule has 1 saturated heterocycles. The molecule has 0 radical (unpaired) electrons. The molecule has 0 amide bonds. The Kier molecular flexibility index (Phi) is 5.54. The topological polar surface area (TPSA) is 111 Å². The van der Waals surface area contributed by atoms with Gasteiger partial charge < -0.3 is 31.1 Å². The van der Waals surface area contributed by atoms with Crippen LogP contribution in [-0.4, -0.2) is 52.8 Å². The Hall–Kier alpha value is -2.75. The molecule has 2 aromatic rings. The van der Waals surface area contributed by atoms with Crippen molar-refractivity contribution in [3.63, 3.8) is 0 Å². The van der Waals surface area contributed by atoms with Crippen LogP contribution in [0.4, 0.5) is 14.7 Å². The summed E-state index contributed by atoms with van der Waals surface area (Å²) >= 11 is 0. The molecule has 1 unspecified atom stereocenters. The van der Waals surface area contributed by atoms with Crippen molar-refractivity contribution in [2.75, 3.05) is 25.0 Å². The summed E-state index contributed by atoms with van der Waals surface area (Å²) in [5.74, 6) is -2.20. The highest BCUT2D eigenvalue weighted by molar-refractivity contribution is 5.84. The van der Waals surface area contributed by atoms with Gasteiger partial charge in [-0.05, 0) is 19.9 Å².